The van der Waals surface area contributed by atoms with E-state index in [-0.39, 0.29) is 6.67 Å². The molecule has 2 heteroatoms. The van der Waals surface area contributed by atoms with E-state index in [4.69, 9.17) is 0 Å². The van der Waals surface area contributed by atoms with Crippen molar-refractivity contribution in [3.8, 4) is 0 Å². The Bertz CT molecular complexity index is 138. The second-order valence-corrected chi connectivity index (χ2v) is 4.24. The normalized spacial score (nSPS) is 38.5. The summed E-state index contributed by atoms with van der Waals surface area (Å²) in [6.45, 7) is 8.24. The number of halogens is 1. The van der Waals surface area contributed by atoms with E-state index in [9.17, 15) is 4.39 Å². The minimum absolute atomic E-state index is 0.205. The van der Waals surface area contributed by atoms with E-state index in [0.29, 0.717) is 12.6 Å². The van der Waals surface area contributed by atoms with Gasteiger partial charge in [0.2, 0.25) is 0 Å². The summed E-state index contributed by atoms with van der Waals surface area (Å²) in [7, 11) is 0. The molecule has 1 fully saturated rings. The first kappa shape index (κ1) is 9.97. The van der Waals surface area contributed by atoms with Crippen molar-refractivity contribution < 1.29 is 4.39 Å². The maximum atomic E-state index is 12.2. The van der Waals surface area contributed by atoms with Crippen molar-refractivity contribution in [1.29, 1.82) is 0 Å². The average molecular weight is 173 g/mol. The van der Waals surface area contributed by atoms with Gasteiger partial charge in [-0.25, -0.2) is 4.39 Å². The van der Waals surface area contributed by atoms with Crippen molar-refractivity contribution >= 4 is 0 Å². The van der Waals surface area contributed by atoms with Crippen molar-refractivity contribution in [2.75, 3.05) is 19.8 Å². The van der Waals surface area contributed by atoms with Gasteiger partial charge in [-0.2, -0.15) is 0 Å². The third-order valence-corrected chi connectivity index (χ3v) is 3.09. The molecule has 0 saturated carbocycles. The molecular formula is C10H20FN. The van der Waals surface area contributed by atoms with Crippen molar-refractivity contribution in [1.82, 2.24) is 4.90 Å². The molecule has 0 spiro atoms. The summed E-state index contributed by atoms with van der Waals surface area (Å²) in [6.07, 6.45) is 1.30. The van der Waals surface area contributed by atoms with Gasteiger partial charge in [-0.1, -0.05) is 13.8 Å². The van der Waals surface area contributed by atoms with Gasteiger partial charge in [-0.05, 0) is 25.2 Å². The number of alkyl halides is 1. The quantitative estimate of drug-likeness (QED) is 0.619. The molecule has 1 saturated heterocycles. The highest BCUT2D eigenvalue weighted by Crippen LogP contribution is 2.26. The molecular weight excluding hydrogens is 153 g/mol. The standard InChI is InChI=1S/C10H20FN/c1-8-6-9(2)10(3)12(7-8)5-4-11/h8-10H,4-7H2,1-3H3. The van der Waals surface area contributed by atoms with Gasteiger partial charge in [0, 0.05) is 19.1 Å². The van der Waals surface area contributed by atoms with Crippen molar-refractivity contribution in [3.05, 3.63) is 0 Å². The van der Waals surface area contributed by atoms with Crippen LogP contribution in [-0.4, -0.2) is 30.7 Å². The van der Waals surface area contributed by atoms with Crippen LogP contribution in [0.15, 0.2) is 0 Å². The van der Waals surface area contributed by atoms with Crippen LogP contribution in [0.3, 0.4) is 0 Å². The smallest absolute Gasteiger partial charge is 0.102 e. The Morgan fingerprint density at radius 1 is 1.33 bits per heavy atom. The molecule has 0 aromatic carbocycles. The van der Waals surface area contributed by atoms with E-state index in [1.165, 1.54) is 6.42 Å². The number of nitrogens with zero attached hydrogens (tertiary/aromatic N) is 1. The number of hydrogen-bond donors (Lipinski definition) is 0. The number of likely N-dealkylation sites (tertiary alicyclic amines) is 1. The van der Waals surface area contributed by atoms with Gasteiger partial charge in [0.15, 0.2) is 0 Å². The Morgan fingerprint density at radius 3 is 2.58 bits per heavy atom. The van der Waals surface area contributed by atoms with Crippen LogP contribution in [0.25, 0.3) is 0 Å². The van der Waals surface area contributed by atoms with Gasteiger partial charge in [0.25, 0.3) is 0 Å². The fraction of sp³-hybridized carbons (Fsp3) is 1.00. The van der Waals surface area contributed by atoms with Gasteiger partial charge < -0.3 is 0 Å². The van der Waals surface area contributed by atoms with E-state index in [2.05, 4.69) is 25.7 Å². The van der Waals surface area contributed by atoms with Crippen LogP contribution >= 0.6 is 0 Å². The van der Waals surface area contributed by atoms with E-state index in [1.807, 2.05) is 0 Å². The lowest BCUT2D eigenvalue weighted by atomic mass is 9.86. The lowest BCUT2D eigenvalue weighted by Crippen LogP contribution is -2.46. The third-order valence-electron chi connectivity index (χ3n) is 3.09. The first-order chi connectivity index (χ1) is 5.65. The number of hydrogen-bond acceptors (Lipinski definition) is 1. The van der Waals surface area contributed by atoms with Crippen LogP contribution in [-0.2, 0) is 0 Å². The molecule has 3 unspecified atom stereocenters. The first-order valence-electron chi connectivity index (χ1n) is 4.95. The summed E-state index contributed by atoms with van der Waals surface area (Å²) >= 11 is 0. The summed E-state index contributed by atoms with van der Waals surface area (Å²) < 4.78 is 12.2. The lowest BCUT2D eigenvalue weighted by molar-refractivity contribution is 0.0740. The van der Waals surface area contributed by atoms with Gasteiger partial charge >= 0.3 is 0 Å². The lowest BCUT2D eigenvalue weighted by Gasteiger charge is -2.40. The highest BCUT2D eigenvalue weighted by atomic mass is 19.1. The predicted molar refractivity (Wildman–Crippen MR) is 50.0 cm³/mol. The molecule has 0 aliphatic carbocycles. The fourth-order valence-corrected chi connectivity index (χ4v) is 2.24. The summed E-state index contributed by atoms with van der Waals surface area (Å²) in [4.78, 5) is 2.28. The number of rotatable bonds is 2. The molecule has 0 bridgehead atoms. The van der Waals surface area contributed by atoms with Crippen molar-refractivity contribution in [3.63, 3.8) is 0 Å². The van der Waals surface area contributed by atoms with Crippen LogP contribution in [0.4, 0.5) is 4.39 Å². The van der Waals surface area contributed by atoms with Crippen LogP contribution in [0.2, 0.25) is 0 Å². The van der Waals surface area contributed by atoms with Gasteiger partial charge in [-0.3, -0.25) is 4.90 Å². The Labute approximate surface area is 74.9 Å². The molecule has 0 N–H and O–H groups in total. The Morgan fingerprint density at radius 2 is 2.00 bits per heavy atom. The molecule has 1 nitrogen and oxygen atoms in total. The fourth-order valence-electron chi connectivity index (χ4n) is 2.24. The van der Waals surface area contributed by atoms with E-state index >= 15 is 0 Å². The van der Waals surface area contributed by atoms with Crippen LogP contribution in [0.1, 0.15) is 27.2 Å². The maximum absolute atomic E-state index is 12.2. The van der Waals surface area contributed by atoms with E-state index in [0.717, 1.165) is 18.4 Å². The zero-order valence-corrected chi connectivity index (χ0v) is 8.39. The molecule has 1 aliphatic rings. The second-order valence-electron chi connectivity index (χ2n) is 4.24. The Balaban J connectivity index is 2.47. The maximum Gasteiger partial charge on any atom is 0.102 e. The zero-order valence-electron chi connectivity index (χ0n) is 8.39. The van der Waals surface area contributed by atoms with Gasteiger partial charge in [-0.15, -0.1) is 0 Å². The first-order valence-corrected chi connectivity index (χ1v) is 4.95. The summed E-state index contributed by atoms with van der Waals surface area (Å²) in [6, 6.07) is 0.567. The van der Waals surface area contributed by atoms with E-state index < -0.39 is 0 Å². The largest absolute Gasteiger partial charge is 0.298 e. The topological polar surface area (TPSA) is 3.24 Å². The summed E-state index contributed by atoms with van der Waals surface area (Å²) in [5.74, 6) is 1.46. The van der Waals surface area contributed by atoms with Crippen LogP contribution in [0, 0.1) is 11.8 Å². The molecule has 3 atom stereocenters. The predicted octanol–water partition coefficient (Wildman–Crippen LogP) is 2.32. The minimum Gasteiger partial charge on any atom is -0.298 e. The molecule has 0 radical (unpaired) electrons. The molecule has 1 heterocycles. The monoisotopic (exact) mass is 173 g/mol. The van der Waals surface area contributed by atoms with E-state index in [1.54, 1.807) is 0 Å². The zero-order chi connectivity index (χ0) is 9.14. The SMILES string of the molecule is CC1CC(C)C(C)N(CCF)C1. The highest BCUT2D eigenvalue weighted by molar-refractivity contribution is 4.81. The second kappa shape index (κ2) is 4.22. The highest BCUT2D eigenvalue weighted by Gasteiger charge is 2.27. The summed E-state index contributed by atoms with van der Waals surface area (Å²) in [5.41, 5.74) is 0. The molecule has 1 rings (SSSR count). The average Bonchev–Trinajstić information content (AvgIpc) is 2.00. The molecule has 0 amide bonds. The third kappa shape index (κ3) is 2.19. The molecule has 0 aromatic rings. The van der Waals surface area contributed by atoms with Gasteiger partial charge in [0.05, 0.1) is 0 Å². The molecule has 12 heavy (non-hydrogen) atoms. The molecule has 72 valence electrons. The van der Waals surface area contributed by atoms with Crippen LogP contribution in [0.5, 0.6) is 0 Å². The molecule has 0 aromatic heterocycles. The van der Waals surface area contributed by atoms with Crippen LogP contribution < -0.4 is 0 Å². The summed E-state index contributed by atoms with van der Waals surface area (Å²) in [5, 5.41) is 0. The number of piperidine rings is 1. The van der Waals surface area contributed by atoms with Gasteiger partial charge in [0.1, 0.15) is 6.67 Å². The Hall–Kier alpha value is -0.110. The van der Waals surface area contributed by atoms with Crippen molar-refractivity contribution in [2.24, 2.45) is 11.8 Å². The minimum atomic E-state index is -0.205. The molecule has 1 aliphatic heterocycles. The Kier molecular flexibility index (Phi) is 3.51. The van der Waals surface area contributed by atoms with Crippen molar-refractivity contribution in [2.45, 2.75) is 33.2 Å².